The summed E-state index contributed by atoms with van der Waals surface area (Å²) in [6.07, 6.45) is 0.554. The van der Waals surface area contributed by atoms with Crippen molar-refractivity contribution in [1.82, 2.24) is 5.32 Å². The van der Waals surface area contributed by atoms with Crippen LogP contribution >= 0.6 is 11.8 Å². The monoisotopic (exact) mass is 264 g/mol. The number of amides is 1. The Morgan fingerprint density at radius 2 is 2.33 bits per heavy atom. The molecule has 2 rings (SSSR count). The molecule has 3 nitrogen and oxygen atoms in total. The van der Waals surface area contributed by atoms with Crippen molar-refractivity contribution in [2.24, 2.45) is 0 Å². The smallest absolute Gasteiger partial charge is 0.228 e. The highest BCUT2D eigenvalue weighted by Gasteiger charge is 2.28. The highest BCUT2D eigenvalue weighted by molar-refractivity contribution is 7.99. The molecule has 1 aromatic rings. The highest BCUT2D eigenvalue weighted by Crippen LogP contribution is 2.38. The Bertz CT molecular complexity index is 447. The fourth-order valence-corrected chi connectivity index (χ4v) is 3.34. The van der Waals surface area contributed by atoms with E-state index in [0.29, 0.717) is 6.42 Å². The molecule has 0 radical (unpaired) electrons. The quantitative estimate of drug-likeness (QED) is 0.910. The molecule has 1 aromatic carbocycles. The number of thioether (sulfide) groups is 1. The molecular formula is C14H20N2OS. The highest BCUT2D eigenvalue weighted by atomic mass is 32.2. The molecule has 1 heterocycles. The lowest BCUT2D eigenvalue weighted by atomic mass is 10.1. The van der Waals surface area contributed by atoms with Gasteiger partial charge in [0.15, 0.2) is 0 Å². The maximum absolute atomic E-state index is 12.3. The number of aryl methyl sites for hydroxylation is 1. The van der Waals surface area contributed by atoms with E-state index in [0.717, 1.165) is 18.0 Å². The Balaban J connectivity index is 2.27. The molecule has 98 valence electrons. The fraction of sp³-hybridized carbons (Fsp3) is 0.500. The minimum atomic E-state index is 0.210. The van der Waals surface area contributed by atoms with Gasteiger partial charge in [-0.3, -0.25) is 4.79 Å². The molecule has 4 heteroatoms. The third kappa shape index (κ3) is 2.70. The van der Waals surface area contributed by atoms with Crippen LogP contribution in [0.4, 0.5) is 5.69 Å². The number of benzene rings is 1. The van der Waals surface area contributed by atoms with Gasteiger partial charge in [0, 0.05) is 29.7 Å². The Kier molecular flexibility index (Phi) is 4.30. The molecule has 0 aliphatic carbocycles. The molecule has 1 amide bonds. The first kappa shape index (κ1) is 13.4. The minimum absolute atomic E-state index is 0.210. The van der Waals surface area contributed by atoms with Crippen molar-refractivity contribution in [3.8, 4) is 0 Å². The predicted octanol–water partition coefficient (Wildman–Crippen LogP) is 2.43. The van der Waals surface area contributed by atoms with Gasteiger partial charge >= 0.3 is 0 Å². The first-order chi connectivity index (χ1) is 8.63. The van der Waals surface area contributed by atoms with Crippen molar-refractivity contribution in [2.75, 3.05) is 24.2 Å². The van der Waals surface area contributed by atoms with Crippen molar-refractivity contribution >= 4 is 23.4 Å². The molecule has 18 heavy (non-hydrogen) atoms. The SMILES string of the molecule is CNCCC(=O)N1c2ccc(C)cc2SCC1C. The second-order valence-electron chi connectivity index (χ2n) is 4.75. The number of nitrogens with zero attached hydrogens (tertiary/aromatic N) is 1. The van der Waals surface area contributed by atoms with Crippen LogP contribution in [0.15, 0.2) is 23.1 Å². The zero-order valence-electron chi connectivity index (χ0n) is 11.2. The summed E-state index contributed by atoms with van der Waals surface area (Å²) in [6.45, 7) is 4.94. The first-order valence-corrected chi connectivity index (χ1v) is 7.32. The van der Waals surface area contributed by atoms with E-state index < -0.39 is 0 Å². The summed E-state index contributed by atoms with van der Waals surface area (Å²) >= 11 is 1.85. The summed E-state index contributed by atoms with van der Waals surface area (Å²) in [5.41, 5.74) is 2.32. The molecular weight excluding hydrogens is 244 g/mol. The Labute approximate surface area is 113 Å². The predicted molar refractivity (Wildman–Crippen MR) is 77.4 cm³/mol. The van der Waals surface area contributed by atoms with E-state index in [2.05, 4.69) is 37.4 Å². The molecule has 1 unspecified atom stereocenters. The summed E-state index contributed by atoms with van der Waals surface area (Å²) in [4.78, 5) is 15.5. The van der Waals surface area contributed by atoms with Crippen LogP contribution in [0.2, 0.25) is 0 Å². The maximum Gasteiger partial charge on any atom is 0.228 e. The standard InChI is InChI=1S/C14H20N2OS/c1-10-4-5-12-13(8-10)18-9-11(2)16(12)14(17)6-7-15-3/h4-5,8,11,15H,6-7,9H2,1-3H3. The van der Waals surface area contributed by atoms with E-state index in [4.69, 9.17) is 0 Å². The molecule has 1 N–H and O–H groups in total. The third-order valence-corrected chi connectivity index (χ3v) is 4.44. The van der Waals surface area contributed by atoms with Crippen LogP contribution in [0.5, 0.6) is 0 Å². The van der Waals surface area contributed by atoms with Gasteiger partial charge in [-0.15, -0.1) is 11.8 Å². The van der Waals surface area contributed by atoms with Crippen LogP contribution in [-0.2, 0) is 4.79 Å². The molecule has 0 saturated carbocycles. The van der Waals surface area contributed by atoms with Gasteiger partial charge < -0.3 is 10.2 Å². The third-order valence-electron chi connectivity index (χ3n) is 3.15. The molecule has 0 bridgehead atoms. The largest absolute Gasteiger partial charge is 0.319 e. The van der Waals surface area contributed by atoms with Crippen molar-refractivity contribution in [3.05, 3.63) is 23.8 Å². The lowest BCUT2D eigenvalue weighted by Gasteiger charge is -2.35. The number of carbonyl (C=O) groups excluding carboxylic acids is 1. The van der Waals surface area contributed by atoms with Crippen LogP contribution in [0, 0.1) is 6.92 Å². The van der Waals surface area contributed by atoms with Crippen LogP contribution in [-0.4, -0.2) is 31.3 Å². The Morgan fingerprint density at radius 1 is 1.56 bits per heavy atom. The summed E-state index contributed by atoms with van der Waals surface area (Å²) in [6, 6.07) is 6.60. The Morgan fingerprint density at radius 3 is 3.06 bits per heavy atom. The van der Waals surface area contributed by atoms with Crippen molar-refractivity contribution in [2.45, 2.75) is 31.2 Å². The van der Waals surface area contributed by atoms with Gasteiger partial charge in [-0.1, -0.05) is 6.07 Å². The average Bonchev–Trinajstić information content (AvgIpc) is 2.36. The number of nitrogens with one attached hydrogen (secondary N) is 1. The van der Waals surface area contributed by atoms with Crippen molar-refractivity contribution in [3.63, 3.8) is 0 Å². The van der Waals surface area contributed by atoms with E-state index in [1.165, 1.54) is 10.5 Å². The summed E-state index contributed by atoms with van der Waals surface area (Å²) in [7, 11) is 1.88. The van der Waals surface area contributed by atoms with Gasteiger partial charge in [-0.2, -0.15) is 0 Å². The topological polar surface area (TPSA) is 32.3 Å². The van der Waals surface area contributed by atoms with Gasteiger partial charge in [0.05, 0.1) is 5.69 Å². The zero-order chi connectivity index (χ0) is 13.1. The van der Waals surface area contributed by atoms with E-state index in [1.807, 2.05) is 23.7 Å². The van der Waals surface area contributed by atoms with E-state index in [-0.39, 0.29) is 11.9 Å². The normalized spacial score (nSPS) is 18.6. The summed E-state index contributed by atoms with van der Waals surface area (Å²) in [5.74, 6) is 1.18. The van der Waals surface area contributed by atoms with Gasteiger partial charge in [-0.25, -0.2) is 0 Å². The van der Waals surface area contributed by atoms with Crippen molar-refractivity contribution in [1.29, 1.82) is 0 Å². The van der Waals surface area contributed by atoms with Crippen LogP contribution < -0.4 is 10.2 Å². The van der Waals surface area contributed by atoms with Gasteiger partial charge in [0.2, 0.25) is 5.91 Å². The molecule has 0 spiro atoms. The molecule has 1 aliphatic heterocycles. The number of hydrogen-bond acceptors (Lipinski definition) is 3. The molecule has 0 aromatic heterocycles. The average molecular weight is 264 g/mol. The minimum Gasteiger partial charge on any atom is -0.319 e. The van der Waals surface area contributed by atoms with E-state index in [9.17, 15) is 4.79 Å². The summed E-state index contributed by atoms with van der Waals surface area (Å²) < 4.78 is 0. The van der Waals surface area contributed by atoms with Gasteiger partial charge in [0.25, 0.3) is 0 Å². The number of carbonyl (C=O) groups is 1. The Hall–Kier alpha value is -1.00. The lowest BCUT2D eigenvalue weighted by Crippen LogP contribution is -2.43. The van der Waals surface area contributed by atoms with Crippen LogP contribution in [0.25, 0.3) is 0 Å². The van der Waals surface area contributed by atoms with Crippen LogP contribution in [0.1, 0.15) is 18.9 Å². The fourth-order valence-electron chi connectivity index (χ4n) is 2.19. The zero-order valence-corrected chi connectivity index (χ0v) is 12.0. The van der Waals surface area contributed by atoms with Gasteiger partial charge in [-0.05, 0) is 38.6 Å². The van der Waals surface area contributed by atoms with Gasteiger partial charge in [0.1, 0.15) is 0 Å². The van der Waals surface area contributed by atoms with Crippen molar-refractivity contribution < 1.29 is 4.79 Å². The van der Waals surface area contributed by atoms with E-state index in [1.54, 1.807) is 0 Å². The second-order valence-corrected chi connectivity index (χ2v) is 5.81. The molecule has 0 fully saturated rings. The molecule has 1 atom stereocenters. The number of fused-ring (bicyclic) bond motifs is 1. The number of hydrogen-bond donors (Lipinski definition) is 1. The first-order valence-electron chi connectivity index (χ1n) is 6.33. The molecule has 0 saturated heterocycles. The maximum atomic E-state index is 12.3. The lowest BCUT2D eigenvalue weighted by molar-refractivity contribution is -0.118. The second kappa shape index (κ2) is 5.76. The van der Waals surface area contributed by atoms with Crippen LogP contribution in [0.3, 0.4) is 0 Å². The van der Waals surface area contributed by atoms with E-state index >= 15 is 0 Å². The summed E-state index contributed by atoms with van der Waals surface area (Å²) in [5, 5.41) is 3.03. The molecule has 1 aliphatic rings. The number of anilines is 1. The number of rotatable bonds is 3.